The molecule has 0 aliphatic rings. The zero-order valence-corrected chi connectivity index (χ0v) is 18.4. The second kappa shape index (κ2) is 9.11. The molecule has 1 amide bonds. The molecule has 3 heterocycles. The molecule has 0 spiro atoms. The third-order valence-corrected chi connectivity index (χ3v) is 5.54. The number of nitrogens with zero attached hydrogens (tertiary/aromatic N) is 4. The van der Waals surface area contributed by atoms with Gasteiger partial charge < -0.3 is 9.84 Å². The van der Waals surface area contributed by atoms with Gasteiger partial charge in [0, 0.05) is 23.3 Å². The van der Waals surface area contributed by atoms with Crippen LogP contribution in [0.1, 0.15) is 12.5 Å². The molecule has 1 N–H and O–H groups in total. The molecule has 0 aliphatic carbocycles. The largest absolute Gasteiger partial charge is 0.334 e. The Bertz CT molecular complexity index is 1540. The highest BCUT2D eigenvalue weighted by molar-refractivity contribution is 5.95. The second-order valence-corrected chi connectivity index (χ2v) is 7.70. The van der Waals surface area contributed by atoms with Crippen molar-refractivity contribution in [1.82, 2.24) is 19.7 Å². The van der Waals surface area contributed by atoms with Crippen LogP contribution in [0.2, 0.25) is 0 Å². The number of benzene rings is 2. The van der Waals surface area contributed by atoms with Crippen LogP contribution in [0.15, 0.2) is 88.3 Å². The number of hydrogen-bond acceptors (Lipinski definition) is 6. The maximum atomic E-state index is 13.1. The number of carbonyl (C=O) groups excluding carboxylic acids is 1. The van der Waals surface area contributed by atoms with Crippen LogP contribution in [0.3, 0.4) is 0 Å². The number of rotatable bonds is 6. The molecule has 0 fully saturated rings. The number of nitrogens with one attached hydrogen (secondary N) is 1. The molecule has 3 aromatic heterocycles. The van der Waals surface area contributed by atoms with E-state index in [1.54, 1.807) is 24.4 Å². The van der Waals surface area contributed by atoms with Gasteiger partial charge >= 0.3 is 0 Å². The average Bonchev–Trinajstić information content (AvgIpc) is 3.37. The van der Waals surface area contributed by atoms with Crippen LogP contribution in [-0.4, -0.2) is 25.6 Å². The lowest BCUT2D eigenvalue weighted by Crippen LogP contribution is -2.28. The standard InChI is InChI=1S/C26H21N5O3/c1-2-17-9-3-5-11-20(17)28-23(32)16-31-22-13-6-4-10-18(22)19(15-24(31)33)26-29-25(30-34-26)21-12-7-8-14-27-21/h3-15H,2,16H2,1H3,(H,28,32). The summed E-state index contributed by atoms with van der Waals surface area (Å²) in [6, 6.07) is 21.8. The van der Waals surface area contributed by atoms with Gasteiger partial charge in [-0.25, -0.2) is 0 Å². The first-order valence-electron chi connectivity index (χ1n) is 10.9. The Morgan fingerprint density at radius 2 is 1.82 bits per heavy atom. The molecule has 5 rings (SSSR count). The van der Waals surface area contributed by atoms with Gasteiger partial charge in [-0.3, -0.25) is 19.1 Å². The zero-order chi connectivity index (χ0) is 23.5. The SMILES string of the molecule is CCc1ccccc1NC(=O)Cn1c(=O)cc(-c2nc(-c3ccccn3)no2)c2ccccc21. The van der Waals surface area contributed by atoms with Crippen molar-refractivity contribution in [2.24, 2.45) is 0 Å². The van der Waals surface area contributed by atoms with Crippen LogP contribution in [0.5, 0.6) is 0 Å². The normalized spacial score (nSPS) is 11.0. The molecule has 0 aliphatic heterocycles. The Hall–Kier alpha value is -4.59. The molecule has 168 valence electrons. The summed E-state index contributed by atoms with van der Waals surface area (Å²) < 4.78 is 6.91. The van der Waals surface area contributed by atoms with E-state index in [4.69, 9.17) is 4.52 Å². The number of aromatic nitrogens is 4. The van der Waals surface area contributed by atoms with Gasteiger partial charge in [-0.2, -0.15) is 4.98 Å². The Morgan fingerprint density at radius 3 is 2.65 bits per heavy atom. The molecule has 0 radical (unpaired) electrons. The lowest BCUT2D eigenvalue weighted by Gasteiger charge is -2.13. The van der Waals surface area contributed by atoms with Crippen LogP contribution in [0, 0.1) is 0 Å². The van der Waals surface area contributed by atoms with E-state index in [0.29, 0.717) is 22.6 Å². The van der Waals surface area contributed by atoms with E-state index in [2.05, 4.69) is 20.4 Å². The number of amides is 1. The van der Waals surface area contributed by atoms with Crippen molar-refractivity contribution >= 4 is 22.5 Å². The maximum absolute atomic E-state index is 13.1. The number of anilines is 1. The highest BCUT2D eigenvalue weighted by atomic mass is 16.5. The minimum Gasteiger partial charge on any atom is -0.334 e. The Labute approximate surface area is 194 Å². The number of aryl methyl sites for hydroxylation is 1. The van der Waals surface area contributed by atoms with Crippen molar-refractivity contribution in [1.29, 1.82) is 0 Å². The summed E-state index contributed by atoms with van der Waals surface area (Å²) in [5, 5.41) is 7.66. The van der Waals surface area contributed by atoms with Crippen molar-refractivity contribution in [3.8, 4) is 23.0 Å². The Morgan fingerprint density at radius 1 is 1.03 bits per heavy atom. The highest BCUT2D eigenvalue weighted by Gasteiger charge is 2.18. The van der Waals surface area contributed by atoms with Gasteiger partial charge in [-0.15, -0.1) is 0 Å². The third-order valence-electron chi connectivity index (χ3n) is 5.54. The fraction of sp³-hybridized carbons (Fsp3) is 0.115. The lowest BCUT2D eigenvalue weighted by molar-refractivity contribution is -0.116. The van der Waals surface area contributed by atoms with Crippen molar-refractivity contribution in [2.75, 3.05) is 5.32 Å². The van der Waals surface area contributed by atoms with E-state index in [-0.39, 0.29) is 23.9 Å². The monoisotopic (exact) mass is 451 g/mol. The third kappa shape index (κ3) is 4.09. The molecule has 8 heteroatoms. The molecule has 0 saturated carbocycles. The topological polar surface area (TPSA) is 103 Å². The molecule has 8 nitrogen and oxygen atoms in total. The van der Waals surface area contributed by atoms with Crippen LogP contribution in [0.25, 0.3) is 33.9 Å². The van der Waals surface area contributed by atoms with Crippen LogP contribution >= 0.6 is 0 Å². The van der Waals surface area contributed by atoms with Crippen LogP contribution in [0.4, 0.5) is 5.69 Å². The lowest BCUT2D eigenvalue weighted by atomic mass is 10.1. The van der Waals surface area contributed by atoms with E-state index in [9.17, 15) is 9.59 Å². The van der Waals surface area contributed by atoms with Gasteiger partial charge in [-0.1, -0.05) is 54.5 Å². The number of para-hydroxylation sites is 2. The number of hydrogen-bond donors (Lipinski definition) is 1. The van der Waals surface area contributed by atoms with E-state index in [1.165, 1.54) is 10.6 Å². The molecule has 5 aromatic rings. The molecule has 0 saturated heterocycles. The molecular weight excluding hydrogens is 430 g/mol. The van der Waals surface area contributed by atoms with Gasteiger partial charge in [-0.05, 0) is 36.2 Å². The summed E-state index contributed by atoms with van der Waals surface area (Å²) >= 11 is 0. The number of carbonyl (C=O) groups is 1. The molecule has 0 bridgehead atoms. The minimum absolute atomic E-state index is 0.124. The van der Waals surface area contributed by atoms with Gasteiger partial charge in [0.25, 0.3) is 11.4 Å². The van der Waals surface area contributed by atoms with Crippen molar-refractivity contribution in [2.45, 2.75) is 19.9 Å². The summed E-state index contributed by atoms with van der Waals surface area (Å²) in [6.07, 6.45) is 2.44. The smallest absolute Gasteiger partial charge is 0.259 e. The molecule has 2 aromatic carbocycles. The number of pyridine rings is 2. The van der Waals surface area contributed by atoms with Gasteiger partial charge in [0.15, 0.2) is 0 Å². The van der Waals surface area contributed by atoms with Crippen molar-refractivity contribution in [3.05, 3.63) is 94.9 Å². The van der Waals surface area contributed by atoms with Gasteiger partial charge in [0.05, 0.1) is 11.1 Å². The van der Waals surface area contributed by atoms with Crippen LogP contribution < -0.4 is 10.9 Å². The molecule has 0 unspecified atom stereocenters. The quantitative estimate of drug-likeness (QED) is 0.413. The highest BCUT2D eigenvalue weighted by Crippen LogP contribution is 2.27. The predicted octanol–water partition coefficient (Wildman–Crippen LogP) is 4.31. The first kappa shape index (κ1) is 21.3. The first-order chi connectivity index (χ1) is 16.6. The van der Waals surface area contributed by atoms with Crippen molar-refractivity contribution < 1.29 is 9.32 Å². The van der Waals surface area contributed by atoms with Crippen LogP contribution in [-0.2, 0) is 17.8 Å². The molecular formula is C26H21N5O3. The first-order valence-corrected chi connectivity index (χ1v) is 10.9. The van der Waals surface area contributed by atoms with E-state index < -0.39 is 0 Å². The second-order valence-electron chi connectivity index (χ2n) is 7.70. The van der Waals surface area contributed by atoms with Gasteiger partial charge in [0.2, 0.25) is 11.7 Å². The minimum atomic E-state index is -0.342. The molecule has 34 heavy (non-hydrogen) atoms. The maximum Gasteiger partial charge on any atom is 0.259 e. The Kier molecular flexibility index (Phi) is 5.70. The van der Waals surface area contributed by atoms with E-state index in [0.717, 1.165) is 23.1 Å². The van der Waals surface area contributed by atoms with E-state index >= 15 is 0 Å². The van der Waals surface area contributed by atoms with Gasteiger partial charge in [0.1, 0.15) is 12.2 Å². The summed E-state index contributed by atoms with van der Waals surface area (Å²) in [5.41, 5.74) is 3.11. The fourth-order valence-electron chi connectivity index (χ4n) is 3.89. The predicted molar refractivity (Wildman–Crippen MR) is 129 cm³/mol. The average molecular weight is 451 g/mol. The Balaban J connectivity index is 1.51. The van der Waals surface area contributed by atoms with Crippen molar-refractivity contribution in [3.63, 3.8) is 0 Å². The zero-order valence-electron chi connectivity index (χ0n) is 18.4. The summed E-state index contributed by atoms with van der Waals surface area (Å²) in [4.78, 5) is 34.6. The summed E-state index contributed by atoms with van der Waals surface area (Å²) in [7, 11) is 0. The summed E-state index contributed by atoms with van der Waals surface area (Å²) in [5.74, 6) is 0.261. The fourth-order valence-corrected chi connectivity index (χ4v) is 3.89. The number of fused-ring (bicyclic) bond motifs is 1. The molecule has 0 atom stereocenters. The summed E-state index contributed by atoms with van der Waals surface area (Å²) in [6.45, 7) is 1.90. The van der Waals surface area contributed by atoms with E-state index in [1.807, 2.05) is 55.5 Å².